The summed E-state index contributed by atoms with van der Waals surface area (Å²) in [5.74, 6) is 0.782. The number of hydrogen-bond donors (Lipinski definition) is 0. The second kappa shape index (κ2) is 9.06. The number of benzene rings is 1. The van der Waals surface area contributed by atoms with Crippen molar-refractivity contribution in [3.8, 4) is 0 Å². The van der Waals surface area contributed by atoms with Crippen LogP contribution in [0.1, 0.15) is 36.8 Å². The Morgan fingerprint density at radius 3 is 2.26 bits per heavy atom. The molecule has 4 nitrogen and oxygen atoms in total. The Balaban J connectivity index is 1.38. The lowest BCUT2D eigenvalue weighted by atomic mass is 9.91. The van der Waals surface area contributed by atoms with Crippen molar-refractivity contribution in [1.29, 1.82) is 0 Å². The molecule has 2 aliphatic heterocycles. The summed E-state index contributed by atoms with van der Waals surface area (Å²) in [6.45, 7) is 5.20. The van der Waals surface area contributed by atoms with Gasteiger partial charge in [0.05, 0.1) is 18.8 Å². The molecule has 0 atom stereocenters. The Kier molecular flexibility index (Phi) is 6.76. The third-order valence-corrected chi connectivity index (χ3v) is 5.52. The summed E-state index contributed by atoms with van der Waals surface area (Å²) in [4.78, 5) is 16.4. The quantitative estimate of drug-likeness (QED) is 0.778. The zero-order valence-corrected chi connectivity index (χ0v) is 15.5. The Bertz CT molecular complexity index is 605. The predicted molar refractivity (Wildman–Crippen MR) is 96.1 cm³/mol. The number of rotatable bonds is 5. The molecular formula is C20H27F3N2O2. The van der Waals surface area contributed by atoms with Gasteiger partial charge in [-0.2, -0.15) is 13.2 Å². The maximum Gasteiger partial charge on any atom is 0.416 e. The highest BCUT2D eigenvalue weighted by molar-refractivity contribution is 5.76. The maximum atomic E-state index is 12.6. The minimum absolute atomic E-state index is 0.227. The first-order chi connectivity index (χ1) is 12.9. The standard InChI is InChI=1S/C20H27F3N2O2/c21-20(22,23)18-4-1-17(2-5-18)15-24-9-7-16(8-10-24)3-6-19(26)25-11-13-27-14-12-25/h1-2,4-5,16H,3,6-15H2. The first-order valence-corrected chi connectivity index (χ1v) is 9.66. The van der Waals surface area contributed by atoms with Gasteiger partial charge in [-0.15, -0.1) is 0 Å². The molecule has 27 heavy (non-hydrogen) atoms. The van der Waals surface area contributed by atoms with Gasteiger partial charge in [0.2, 0.25) is 5.91 Å². The first kappa shape index (κ1) is 20.1. The van der Waals surface area contributed by atoms with Crippen molar-refractivity contribution in [1.82, 2.24) is 9.80 Å². The van der Waals surface area contributed by atoms with E-state index in [0.29, 0.717) is 45.2 Å². The molecule has 0 spiro atoms. The highest BCUT2D eigenvalue weighted by Gasteiger charge is 2.30. The summed E-state index contributed by atoms with van der Waals surface area (Å²) >= 11 is 0. The number of hydrogen-bond acceptors (Lipinski definition) is 3. The Morgan fingerprint density at radius 2 is 1.67 bits per heavy atom. The zero-order chi connectivity index (χ0) is 19.3. The van der Waals surface area contributed by atoms with E-state index in [4.69, 9.17) is 4.74 Å². The lowest BCUT2D eigenvalue weighted by Gasteiger charge is -2.32. The Morgan fingerprint density at radius 1 is 1.04 bits per heavy atom. The van der Waals surface area contributed by atoms with Crippen molar-refractivity contribution < 1.29 is 22.7 Å². The maximum absolute atomic E-state index is 12.6. The molecule has 1 aromatic carbocycles. The summed E-state index contributed by atoms with van der Waals surface area (Å²) in [7, 11) is 0. The molecule has 1 amide bonds. The van der Waals surface area contributed by atoms with Crippen LogP contribution in [-0.4, -0.2) is 55.1 Å². The van der Waals surface area contributed by atoms with Crippen molar-refractivity contribution in [2.45, 2.75) is 38.4 Å². The van der Waals surface area contributed by atoms with Gasteiger partial charge in [-0.05, 0) is 56.0 Å². The van der Waals surface area contributed by atoms with E-state index < -0.39 is 11.7 Å². The lowest BCUT2D eigenvalue weighted by molar-refractivity contribution is -0.137. The van der Waals surface area contributed by atoms with Crippen LogP contribution in [0.4, 0.5) is 13.2 Å². The van der Waals surface area contributed by atoms with Gasteiger partial charge in [0.15, 0.2) is 0 Å². The molecule has 0 saturated carbocycles. The fourth-order valence-corrected chi connectivity index (χ4v) is 3.79. The van der Waals surface area contributed by atoms with Crippen LogP contribution >= 0.6 is 0 Å². The third kappa shape index (κ3) is 5.94. The minimum atomic E-state index is -4.28. The SMILES string of the molecule is O=C(CCC1CCN(Cc2ccc(C(F)(F)F)cc2)CC1)N1CCOCC1. The van der Waals surface area contributed by atoms with Gasteiger partial charge in [-0.25, -0.2) is 0 Å². The number of morpholine rings is 1. The van der Waals surface area contributed by atoms with Crippen LogP contribution in [0.25, 0.3) is 0 Å². The number of nitrogens with zero attached hydrogens (tertiary/aromatic N) is 2. The van der Waals surface area contributed by atoms with Crippen LogP contribution in [0.15, 0.2) is 24.3 Å². The fourth-order valence-electron chi connectivity index (χ4n) is 3.79. The summed E-state index contributed by atoms with van der Waals surface area (Å²) in [5, 5.41) is 0. The van der Waals surface area contributed by atoms with Gasteiger partial charge in [-0.3, -0.25) is 9.69 Å². The molecule has 2 aliphatic rings. The molecule has 0 unspecified atom stereocenters. The molecule has 0 aromatic heterocycles. The normalized spacial score (nSPS) is 20.0. The summed E-state index contributed by atoms with van der Waals surface area (Å²) in [5.41, 5.74) is 0.304. The number of amides is 1. The van der Waals surface area contributed by atoms with E-state index in [1.54, 1.807) is 12.1 Å². The number of ether oxygens (including phenoxy) is 1. The molecule has 0 bridgehead atoms. The molecule has 7 heteroatoms. The first-order valence-electron chi connectivity index (χ1n) is 9.66. The fraction of sp³-hybridized carbons (Fsp3) is 0.650. The number of carbonyl (C=O) groups excluding carboxylic acids is 1. The van der Waals surface area contributed by atoms with Gasteiger partial charge in [0, 0.05) is 26.1 Å². The van der Waals surface area contributed by atoms with Crippen molar-refractivity contribution in [2.75, 3.05) is 39.4 Å². The average Bonchev–Trinajstić information content (AvgIpc) is 2.67. The zero-order valence-electron chi connectivity index (χ0n) is 15.5. The minimum Gasteiger partial charge on any atom is -0.378 e. The number of likely N-dealkylation sites (tertiary alicyclic amines) is 1. The summed E-state index contributed by atoms with van der Waals surface area (Å²) < 4.78 is 43.2. The largest absolute Gasteiger partial charge is 0.416 e. The molecule has 0 radical (unpaired) electrons. The van der Waals surface area contributed by atoms with E-state index >= 15 is 0 Å². The Hall–Kier alpha value is -1.60. The monoisotopic (exact) mass is 384 g/mol. The van der Waals surface area contributed by atoms with E-state index in [2.05, 4.69) is 4.90 Å². The van der Waals surface area contributed by atoms with Crippen LogP contribution < -0.4 is 0 Å². The predicted octanol–water partition coefficient (Wildman–Crippen LogP) is 3.56. The van der Waals surface area contributed by atoms with E-state index in [-0.39, 0.29) is 5.91 Å². The smallest absolute Gasteiger partial charge is 0.378 e. The van der Waals surface area contributed by atoms with Crippen LogP contribution in [0.2, 0.25) is 0 Å². The molecule has 150 valence electrons. The molecule has 3 rings (SSSR count). The Labute approximate surface area is 158 Å². The van der Waals surface area contributed by atoms with E-state index in [1.807, 2.05) is 4.90 Å². The molecule has 1 aromatic rings. The van der Waals surface area contributed by atoms with Gasteiger partial charge in [0.25, 0.3) is 0 Å². The molecule has 2 fully saturated rings. The molecular weight excluding hydrogens is 357 g/mol. The van der Waals surface area contributed by atoms with E-state index in [0.717, 1.165) is 50.0 Å². The summed E-state index contributed by atoms with van der Waals surface area (Å²) in [6.07, 6.45) is -0.683. The number of halogens is 3. The van der Waals surface area contributed by atoms with Gasteiger partial charge >= 0.3 is 6.18 Å². The van der Waals surface area contributed by atoms with Gasteiger partial charge in [-0.1, -0.05) is 12.1 Å². The van der Waals surface area contributed by atoms with Crippen LogP contribution in [0, 0.1) is 5.92 Å². The van der Waals surface area contributed by atoms with E-state index in [1.165, 1.54) is 0 Å². The topological polar surface area (TPSA) is 32.8 Å². The molecule has 0 aliphatic carbocycles. The highest BCUT2D eigenvalue weighted by Crippen LogP contribution is 2.29. The van der Waals surface area contributed by atoms with Crippen molar-refractivity contribution in [3.63, 3.8) is 0 Å². The van der Waals surface area contributed by atoms with Crippen LogP contribution in [0.5, 0.6) is 0 Å². The third-order valence-electron chi connectivity index (χ3n) is 5.52. The van der Waals surface area contributed by atoms with Crippen molar-refractivity contribution in [2.24, 2.45) is 5.92 Å². The second-order valence-corrected chi connectivity index (χ2v) is 7.45. The second-order valence-electron chi connectivity index (χ2n) is 7.45. The summed E-state index contributed by atoms with van der Waals surface area (Å²) in [6, 6.07) is 5.44. The molecule has 2 saturated heterocycles. The molecule has 2 heterocycles. The van der Waals surface area contributed by atoms with Gasteiger partial charge in [0.1, 0.15) is 0 Å². The average molecular weight is 384 g/mol. The lowest BCUT2D eigenvalue weighted by Crippen LogP contribution is -2.41. The number of alkyl halides is 3. The number of piperidine rings is 1. The van der Waals surface area contributed by atoms with Crippen LogP contribution in [0.3, 0.4) is 0 Å². The van der Waals surface area contributed by atoms with Crippen LogP contribution in [-0.2, 0) is 22.3 Å². The van der Waals surface area contributed by atoms with Crippen molar-refractivity contribution >= 4 is 5.91 Å². The highest BCUT2D eigenvalue weighted by atomic mass is 19.4. The van der Waals surface area contributed by atoms with E-state index in [9.17, 15) is 18.0 Å². The molecule has 0 N–H and O–H groups in total. The van der Waals surface area contributed by atoms with Gasteiger partial charge < -0.3 is 9.64 Å². The van der Waals surface area contributed by atoms with Crippen molar-refractivity contribution in [3.05, 3.63) is 35.4 Å². The number of carbonyl (C=O) groups is 1.